The molecule has 3 nitrogen and oxygen atoms in total. The number of unbranched alkanes of at least 4 members (excludes halogenated alkanes) is 2. The van der Waals surface area contributed by atoms with Gasteiger partial charge in [-0.15, -0.1) is 0 Å². The number of hydrogen-bond acceptors (Lipinski definition) is 2. The minimum absolute atomic E-state index is 0.00236. The van der Waals surface area contributed by atoms with Crippen molar-refractivity contribution in [1.29, 1.82) is 0 Å². The number of fused-ring (bicyclic) bond motifs is 1. The lowest BCUT2D eigenvalue weighted by molar-refractivity contribution is -0.146. The normalized spacial score (nSPS) is 33.1. The van der Waals surface area contributed by atoms with Gasteiger partial charge in [0, 0.05) is 12.3 Å². The largest absolute Gasteiger partial charge is 0.296 e. The Hall–Kier alpha value is -0.860. The minimum atomic E-state index is -0.0513. The van der Waals surface area contributed by atoms with Crippen molar-refractivity contribution in [2.75, 3.05) is 0 Å². The van der Waals surface area contributed by atoms with Crippen LogP contribution >= 0.6 is 0 Å². The lowest BCUT2D eigenvalue weighted by atomic mass is 9.60. The fourth-order valence-electron chi connectivity index (χ4n) is 3.63. The summed E-state index contributed by atoms with van der Waals surface area (Å²) in [6.45, 7) is 2.19. The Bertz CT molecular complexity index is 313. The van der Waals surface area contributed by atoms with Gasteiger partial charge in [-0.1, -0.05) is 39.0 Å². The van der Waals surface area contributed by atoms with Crippen molar-refractivity contribution >= 4 is 11.8 Å². The smallest absolute Gasteiger partial charge is 0.230 e. The monoisotopic (exact) mass is 237 g/mol. The molecule has 1 saturated heterocycles. The zero-order valence-corrected chi connectivity index (χ0v) is 10.8. The maximum atomic E-state index is 11.9. The van der Waals surface area contributed by atoms with E-state index in [1.165, 1.54) is 19.3 Å². The Kier molecular flexibility index (Phi) is 3.85. The topological polar surface area (TPSA) is 46.2 Å². The molecule has 3 heteroatoms. The van der Waals surface area contributed by atoms with Crippen molar-refractivity contribution < 1.29 is 9.59 Å². The second-order valence-electron chi connectivity index (χ2n) is 5.71. The molecule has 1 aliphatic heterocycles. The van der Waals surface area contributed by atoms with E-state index in [9.17, 15) is 9.59 Å². The van der Waals surface area contributed by atoms with Gasteiger partial charge in [0.25, 0.3) is 0 Å². The Morgan fingerprint density at radius 3 is 2.88 bits per heavy atom. The zero-order valence-electron chi connectivity index (χ0n) is 10.8. The van der Waals surface area contributed by atoms with Crippen LogP contribution in [0.5, 0.6) is 0 Å². The van der Waals surface area contributed by atoms with Crippen LogP contribution in [0.1, 0.15) is 64.7 Å². The lowest BCUT2D eigenvalue weighted by Crippen LogP contribution is -2.53. The van der Waals surface area contributed by atoms with Gasteiger partial charge in [-0.3, -0.25) is 14.9 Å². The summed E-state index contributed by atoms with van der Waals surface area (Å²) >= 11 is 0. The standard InChI is InChI=1S/C14H23NO2/c1-2-3-5-8-14-9-6-4-7-11(14)13(17)15-12(16)10-14/h11H,2-10H2,1H3,(H,15,16,17). The zero-order chi connectivity index (χ0) is 12.3. The van der Waals surface area contributed by atoms with Gasteiger partial charge in [-0.25, -0.2) is 0 Å². The van der Waals surface area contributed by atoms with Crippen LogP contribution in [0.3, 0.4) is 0 Å². The molecule has 0 aromatic carbocycles. The third-order valence-electron chi connectivity index (χ3n) is 4.53. The highest BCUT2D eigenvalue weighted by atomic mass is 16.2. The molecule has 2 amide bonds. The highest BCUT2D eigenvalue weighted by Gasteiger charge is 2.48. The molecule has 0 spiro atoms. The maximum Gasteiger partial charge on any atom is 0.230 e. The van der Waals surface area contributed by atoms with Crippen LogP contribution in [0.2, 0.25) is 0 Å². The molecular weight excluding hydrogens is 214 g/mol. The summed E-state index contributed by atoms with van der Waals surface area (Å²) in [5.74, 6) is 0.0490. The van der Waals surface area contributed by atoms with Crippen molar-refractivity contribution in [3.8, 4) is 0 Å². The number of piperidine rings is 1. The van der Waals surface area contributed by atoms with Gasteiger partial charge in [-0.2, -0.15) is 0 Å². The number of carbonyl (C=O) groups excluding carboxylic acids is 2. The second kappa shape index (κ2) is 5.19. The summed E-state index contributed by atoms with van der Waals surface area (Å²) in [6, 6.07) is 0. The van der Waals surface area contributed by atoms with Crippen LogP contribution in [-0.4, -0.2) is 11.8 Å². The average molecular weight is 237 g/mol. The molecule has 1 N–H and O–H groups in total. The molecule has 96 valence electrons. The number of hydrogen-bond donors (Lipinski definition) is 1. The van der Waals surface area contributed by atoms with E-state index in [1.54, 1.807) is 0 Å². The van der Waals surface area contributed by atoms with E-state index in [4.69, 9.17) is 0 Å². The van der Waals surface area contributed by atoms with Crippen LogP contribution < -0.4 is 5.32 Å². The SMILES string of the molecule is CCCCCC12CCCCC1C(=O)NC(=O)C2. The number of imide groups is 1. The summed E-state index contributed by atoms with van der Waals surface area (Å²) in [6.07, 6.45) is 9.58. The molecule has 2 unspecified atom stereocenters. The van der Waals surface area contributed by atoms with Crippen LogP contribution in [0.25, 0.3) is 0 Å². The van der Waals surface area contributed by atoms with Crippen molar-refractivity contribution in [2.24, 2.45) is 11.3 Å². The predicted octanol–water partition coefficient (Wildman–Crippen LogP) is 2.79. The van der Waals surface area contributed by atoms with Gasteiger partial charge in [0.1, 0.15) is 0 Å². The quantitative estimate of drug-likeness (QED) is 0.603. The third kappa shape index (κ3) is 2.53. The van der Waals surface area contributed by atoms with E-state index in [0.717, 1.165) is 32.1 Å². The van der Waals surface area contributed by atoms with Crippen molar-refractivity contribution in [2.45, 2.75) is 64.7 Å². The van der Waals surface area contributed by atoms with Crippen molar-refractivity contribution in [3.05, 3.63) is 0 Å². The van der Waals surface area contributed by atoms with E-state index in [1.807, 2.05) is 0 Å². The second-order valence-corrected chi connectivity index (χ2v) is 5.71. The van der Waals surface area contributed by atoms with Gasteiger partial charge in [0.15, 0.2) is 0 Å². The van der Waals surface area contributed by atoms with Gasteiger partial charge >= 0.3 is 0 Å². The Balaban J connectivity index is 2.11. The van der Waals surface area contributed by atoms with Crippen LogP contribution in [-0.2, 0) is 9.59 Å². The van der Waals surface area contributed by atoms with Crippen molar-refractivity contribution in [3.63, 3.8) is 0 Å². The van der Waals surface area contributed by atoms with Gasteiger partial charge in [-0.05, 0) is 24.7 Å². The number of rotatable bonds is 4. The molecule has 1 saturated carbocycles. The molecule has 2 aliphatic rings. The lowest BCUT2D eigenvalue weighted by Gasteiger charge is -2.46. The highest BCUT2D eigenvalue weighted by molar-refractivity contribution is 5.99. The van der Waals surface area contributed by atoms with Gasteiger partial charge in [0.05, 0.1) is 0 Å². The highest BCUT2D eigenvalue weighted by Crippen LogP contribution is 2.49. The fraction of sp³-hybridized carbons (Fsp3) is 0.857. The maximum absolute atomic E-state index is 11.9. The number of amides is 2. The first-order valence-electron chi connectivity index (χ1n) is 7.02. The van der Waals surface area contributed by atoms with E-state index in [2.05, 4.69) is 12.2 Å². The molecule has 0 aromatic rings. The van der Waals surface area contributed by atoms with E-state index in [-0.39, 0.29) is 23.1 Å². The number of carbonyl (C=O) groups is 2. The molecule has 1 aliphatic carbocycles. The molecule has 2 fully saturated rings. The van der Waals surface area contributed by atoms with Gasteiger partial charge < -0.3 is 0 Å². The molecular formula is C14H23NO2. The first kappa shape index (κ1) is 12.6. The first-order chi connectivity index (χ1) is 8.18. The van der Waals surface area contributed by atoms with Crippen molar-refractivity contribution in [1.82, 2.24) is 5.32 Å². The minimum Gasteiger partial charge on any atom is -0.296 e. The molecule has 1 heterocycles. The first-order valence-corrected chi connectivity index (χ1v) is 7.02. The van der Waals surface area contributed by atoms with Crippen LogP contribution in [0, 0.1) is 11.3 Å². The Labute approximate surface area is 103 Å². The molecule has 0 radical (unpaired) electrons. The average Bonchev–Trinajstić information content (AvgIpc) is 2.29. The van der Waals surface area contributed by atoms with E-state index in [0.29, 0.717) is 6.42 Å². The predicted molar refractivity (Wildman–Crippen MR) is 66.3 cm³/mol. The summed E-state index contributed by atoms with van der Waals surface area (Å²) < 4.78 is 0. The Morgan fingerprint density at radius 2 is 2.12 bits per heavy atom. The molecule has 0 bridgehead atoms. The fourth-order valence-corrected chi connectivity index (χ4v) is 3.63. The van der Waals surface area contributed by atoms with E-state index >= 15 is 0 Å². The third-order valence-corrected chi connectivity index (χ3v) is 4.53. The van der Waals surface area contributed by atoms with E-state index < -0.39 is 0 Å². The number of nitrogens with one attached hydrogen (secondary N) is 1. The van der Waals surface area contributed by atoms with Crippen LogP contribution in [0.15, 0.2) is 0 Å². The summed E-state index contributed by atoms with van der Waals surface area (Å²) in [7, 11) is 0. The molecule has 2 atom stereocenters. The summed E-state index contributed by atoms with van der Waals surface area (Å²) in [5, 5.41) is 2.52. The summed E-state index contributed by atoms with van der Waals surface area (Å²) in [4.78, 5) is 23.6. The molecule has 17 heavy (non-hydrogen) atoms. The summed E-state index contributed by atoms with van der Waals surface area (Å²) in [5.41, 5.74) is 0.00678. The molecule has 0 aromatic heterocycles. The molecule has 2 rings (SSSR count). The Morgan fingerprint density at radius 1 is 1.29 bits per heavy atom. The van der Waals surface area contributed by atoms with Gasteiger partial charge in [0.2, 0.25) is 11.8 Å². The van der Waals surface area contributed by atoms with Crippen LogP contribution in [0.4, 0.5) is 0 Å².